The van der Waals surface area contributed by atoms with Gasteiger partial charge in [-0.2, -0.15) is 0 Å². The maximum atomic E-state index is 13.0. The van der Waals surface area contributed by atoms with Gasteiger partial charge < -0.3 is 24.6 Å². The molecule has 0 radical (unpaired) electrons. The molecule has 188 valence electrons. The normalized spacial score (nSPS) is 20.6. The number of ether oxygens (including phenoxy) is 3. The number of nitrogens with zero attached hydrogens (tertiary/aromatic N) is 2. The van der Waals surface area contributed by atoms with E-state index in [9.17, 15) is 14.7 Å². The predicted octanol–water partition coefficient (Wildman–Crippen LogP) is 2.70. The zero-order chi connectivity index (χ0) is 25.0. The Labute approximate surface area is 205 Å². The van der Waals surface area contributed by atoms with Gasteiger partial charge in [0.25, 0.3) is 5.91 Å². The quantitative estimate of drug-likeness (QED) is 0.650. The molecule has 2 N–H and O–H groups in total. The molecule has 2 amide bonds. The highest BCUT2D eigenvalue weighted by atomic mass is 16.6. The van der Waals surface area contributed by atoms with Crippen molar-refractivity contribution >= 4 is 12.0 Å². The zero-order valence-corrected chi connectivity index (χ0v) is 20.4. The van der Waals surface area contributed by atoms with Gasteiger partial charge in [0.05, 0.1) is 25.4 Å². The molecule has 9 nitrogen and oxygen atoms in total. The lowest BCUT2D eigenvalue weighted by Gasteiger charge is -2.40. The Balaban J connectivity index is 1.42. The summed E-state index contributed by atoms with van der Waals surface area (Å²) >= 11 is 0. The van der Waals surface area contributed by atoms with E-state index in [0.29, 0.717) is 37.6 Å². The maximum absolute atomic E-state index is 13.0. The molecule has 9 heteroatoms. The molecule has 0 bridgehead atoms. The molecular formula is C26H33N3O6. The van der Waals surface area contributed by atoms with Crippen LogP contribution in [0.4, 0.5) is 4.79 Å². The zero-order valence-electron chi connectivity index (χ0n) is 20.4. The fourth-order valence-corrected chi connectivity index (χ4v) is 4.24. The molecule has 3 heterocycles. The van der Waals surface area contributed by atoms with Crippen molar-refractivity contribution in [2.24, 2.45) is 0 Å². The second-order valence-corrected chi connectivity index (χ2v) is 9.91. The molecule has 2 aromatic rings. The number of hydrogen-bond acceptors (Lipinski definition) is 7. The average molecular weight is 484 g/mol. The van der Waals surface area contributed by atoms with E-state index < -0.39 is 23.8 Å². The highest BCUT2D eigenvalue weighted by molar-refractivity contribution is 5.94. The summed E-state index contributed by atoms with van der Waals surface area (Å²) in [6.45, 7) is 6.87. The standard InChI is InChI=1S/C26H33N3O6/c1-26(2,3)35-25(32)29-15-19-7-5-4-6-17(19)12-21(29)22(30)14-28-24(31)18-8-10-27-23(13-18)34-20-9-11-33-16-20/h4-8,10,13,20-22,30H,9,11-12,14-16H2,1-3H3,(H,28,31)/t20?,21-,22?/m0/s1. The summed E-state index contributed by atoms with van der Waals surface area (Å²) in [4.78, 5) is 31.5. The summed E-state index contributed by atoms with van der Waals surface area (Å²) in [6, 6.07) is 10.4. The topological polar surface area (TPSA) is 110 Å². The molecule has 0 saturated carbocycles. The van der Waals surface area contributed by atoms with E-state index >= 15 is 0 Å². The first-order valence-corrected chi connectivity index (χ1v) is 11.9. The predicted molar refractivity (Wildman–Crippen MR) is 128 cm³/mol. The van der Waals surface area contributed by atoms with Crippen molar-refractivity contribution in [3.8, 4) is 5.88 Å². The molecule has 3 atom stereocenters. The van der Waals surface area contributed by atoms with Crippen LogP contribution < -0.4 is 10.1 Å². The molecule has 35 heavy (non-hydrogen) atoms. The van der Waals surface area contributed by atoms with Gasteiger partial charge in [0.1, 0.15) is 11.7 Å². The number of aliphatic hydroxyl groups is 1. The van der Waals surface area contributed by atoms with E-state index in [1.54, 1.807) is 37.8 Å². The van der Waals surface area contributed by atoms with Gasteiger partial charge in [-0.15, -0.1) is 0 Å². The molecule has 1 saturated heterocycles. The van der Waals surface area contributed by atoms with Gasteiger partial charge in [-0.3, -0.25) is 9.69 Å². The van der Waals surface area contributed by atoms with Crippen LogP contribution in [0.2, 0.25) is 0 Å². The average Bonchev–Trinajstić information content (AvgIpc) is 3.33. The number of fused-ring (bicyclic) bond motifs is 1. The molecule has 1 aromatic heterocycles. The van der Waals surface area contributed by atoms with Crippen LogP contribution in [0.1, 0.15) is 48.7 Å². The van der Waals surface area contributed by atoms with Crippen molar-refractivity contribution in [2.45, 2.75) is 64.0 Å². The third-order valence-electron chi connectivity index (χ3n) is 6.00. The SMILES string of the molecule is CC(C)(C)OC(=O)N1Cc2ccccc2C[C@H]1C(O)CNC(=O)c1ccnc(OC2CCOC2)c1. The fourth-order valence-electron chi connectivity index (χ4n) is 4.24. The van der Waals surface area contributed by atoms with Crippen LogP contribution in [-0.2, 0) is 22.4 Å². The lowest BCUT2D eigenvalue weighted by molar-refractivity contribution is -0.0113. The summed E-state index contributed by atoms with van der Waals surface area (Å²) in [6.07, 6.45) is 1.20. The van der Waals surface area contributed by atoms with Gasteiger partial charge in [0.15, 0.2) is 0 Å². The summed E-state index contributed by atoms with van der Waals surface area (Å²) in [7, 11) is 0. The molecule has 4 rings (SSSR count). The second kappa shape index (κ2) is 10.6. The van der Waals surface area contributed by atoms with Gasteiger partial charge in [0.2, 0.25) is 5.88 Å². The minimum absolute atomic E-state index is 0.0278. The van der Waals surface area contributed by atoms with Crippen molar-refractivity contribution < 1.29 is 28.9 Å². The van der Waals surface area contributed by atoms with Gasteiger partial charge in [-0.25, -0.2) is 9.78 Å². The Bertz CT molecular complexity index is 1050. The Morgan fingerprint density at radius 2 is 2.03 bits per heavy atom. The number of carbonyl (C=O) groups excluding carboxylic acids is 2. The fraction of sp³-hybridized carbons (Fsp3) is 0.500. The summed E-state index contributed by atoms with van der Waals surface area (Å²) < 4.78 is 16.7. The Morgan fingerprint density at radius 1 is 1.26 bits per heavy atom. The van der Waals surface area contributed by atoms with Gasteiger partial charge in [0, 0.05) is 37.3 Å². The van der Waals surface area contributed by atoms with Crippen LogP contribution in [0.5, 0.6) is 5.88 Å². The van der Waals surface area contributed by atoms with Gasteiger partial charge >= 0.3 is 6.09 Å². The van der Waals surface area contributed by atoms with Crippen molar-refractivity contribution in [1.82, 2.24) is 15.2 Å². The molecule has 2 aliphatic rings. The van der Waals surface area contributed by atoms with Crippen LogP contribution in [-0.4, -0.2) is 70.6 Å². The van der Waals surface area contributed by atoms with Crippen molar-refractivity contribution in [2.75, 3.05) is 19.8 Å². The summed E-state index contributed by atoms with van der Waals surface area (Å²) in [5.74, 6) is -0.00677. The van der Waals surface area contributed by atoms with Gasteiger partial charge in [-0.1, -0.05) is 24.3 Å². The van der Waals surface area contributed by atoms with Crippen LogP contribution in [0, 0.1) is 0 Å². The number of amides is 2. The van der Waals surface area contributed by atoms with E-state index in [0.717, 1.165) is 17.5 Å². The molecule has 0 spiro atoms. The molecule has 2 aliphatic heterocycles. The first-order chi connectivity index (χ1) is 16.7. The number of carbonyl (C=O) groups is 2. The van der Waals surface area contributed by atoms with E-state index in [1.165, 1.54) is 6.20 Å². The van der Waals surface area contributed by atoms with E-state index in [-0.39, 0.29) is 18.6 Å². The minimum atomic E-state index is -0.993. The smallest absolute Gasteiger partial charge is 0.410 e. The number of pyridine rings is 1. The number of rotatable bonds is 6. The number of aliphatic hydroxyl groups excluding tert-OH is 1. The van der Waals surface area contributed by atoms with Crippen LogP contribution in [0.25, 0.3) is 0 Å². The summed E-state index contributed by atoms with van der Waals surface area (Å²) in [5.41, 5.74) is 1.79. The number of nitrogens with one attached hydrogen (secondary N) is 1. The first-order valence-electron chi connectivity index (χ1n) is 11.9. The number of benzene rings is 1. The van der Waals surface area contributed by atoms with E-state index in [4.69, 9.17) is 14.2 Å². The van der Waals surface area contributed by atoms with Crippen molar-refractivity contribution in [3.05, 3.63) is 59.3 Å². The van der Waals surface area contributed by atoms with Crippen molar-refractivity contribution in [3.63, 3.8) is 0 Å². The molecule has 0 aliphatic carbocycles. The third kappa shape index (κ3) is 6.49. The molecular weight excluding hydrogens is 450 g/mol. The number of hydrogen-bond donors (Lipinski definition) is 2. The third-order valence-corrected chi connectivity index (χ3v) is 6.00. The van der Waals surface area contributed by atoms with Crippen molar-refractivity contribution in [1.29, 1.82) is 0 Å². The number of aromatic nitrogens is 1. The highest BCUT2D eigenvalue weighted by Gasteiger charge is 2.36. The first kappa shape index (κ1) is 24.9. The largest absolute Gasteiger partial charge is 0.472 e. The van der Waals surface area contributed by atoms with Crippen LogP contribution in [0.3, 0.4) is 0 Å². The monoisotopic (exact) mass is 483 g/mol. The van der Waals surface area contributed by atoms with Gasteiger partial charge in [-0.05, 0) is 44.4 Å². The molecule has 1 aromatic carbocycles. The Morgan fingerprint density at radius 3 is 2.74 bits per heavy atom. The highest BCUT2D eigenvalue weighted by Crippen LogP contribution is 2.27. The van der Waals surface area contributed by atoms with Crippen LogP contribution >= 0.6 is 0 Å². The lowest BCUT2D eigenvalue weighted by atomic mass is 9.91. The molecule has 2 unspecified atom stereocenters. The van der Waals surface area contributed by atoms with Crippen LogP contribution in [0.15, 0.2) is 42.6 Å². The lowest BCUT2D eigenvalue weighted by Crippen LogP contribution is -2.54. The van der Waals surface area contributed by atoms with E-state index in [1.807, 2.05) is 24.3 Å². The second-order valence-electron chi connectivity index (χ2n) is 9.91. The Kier molecular flexibility index (Phi) is 7.57. The maximum Gasteiger partial charge on any atom is 0.410 e. The Hall–Kier alpha value is -3.17. The van der Waals surface area contributed by atoms with E-state index in [2.05, 4.69) is 10.3 Å². The summed E-state index contributed by atoms with van der Waals surface area (Å²) in [5, 5.41) is 13.8. The molecule has 1 fully saturated rings. The minimum Gasteiger partial charge on any atom is -0.472 e.